The van der Waals surface area contributed by atoms with Gasteiger partial charge in [0.1, 0.15) is 0 Å². The van der Waals surface area contributed by atoms with Crippen molar-refractivity contribution >= 4 is 23.5 Å². The van der Waals surface area contributed by atoms with Crippen molar-refractivity contribution in [2.24, 2.45) is 0 Å². The number of nitrogens with one attached hydrogen (secondary N) is 2. The van der Waals surface area contributed by atoms with Gasteiger partial charge in [-0.05, 0) is 56.2 Å². The molecule has 2 amide bonds. The first-order valence-electron chi connectivity index (χ1n) is 11.0. The number of carbonyl (C=O) groups excluding carboxylic acids is 3. The second-order valence-corrected chi connectivity index (χ2v) is 7.87. The zero-order valence-corrected chi connectivity index (χ0v) is 19.5. The number of nitrogens with zero attached hydrogens (tertiary/aromatic N) is 2. The van der Waals surface area contributed by atoms with Crippen molar-refractivity contribution in [1.82, 2.24) is 14.5 Å². The molecular weight excluding hydrogens is 436 g/mol. The Kier molecular flexibility index (Phi) is 8.02. The van der Waals surface area contributed by atoms with Crippen molar-refractivity contribution in [3.05, 3.63) is 82.0 Å². The van der Waals surface area contributed by atoms with Crippen molar-refractivity contribution in [2.75, 3.05) is 25.0 Å². The summed E-state index contributed by atoms with van der Waals surface area (Å²) in [5, 5.41) is 2.80. The summed E-state index contributed by atoms with van der Waals surface area (Å²) in [7, 11) is 0. The smallest absolute Gasteiger partial charge is 0.338 e. The molecule has 0 saturated heterocycles. The van der Waals surface area contributed by atoms with Crippen LogP contribution in [0.5, 0.6) is 0 Å². The number of aromatic amines is 1. The minimum Gasteiger partial charge on any atom is -0.452 e. The number of H-pyrrole nitrogens is 1. The molecule has 0 bridgehead atoms. The molecule has 0 fully saturated rings. The quantitative estimate of drug-likeness (QED) is 0.473. The number of para-hydroxylation sites is 1. The molecule has 34 heavy (non-hydrogen) atoms. The molecule has 9 heteroatoms. The normalized spacial score (nSPS) is 10.6. The highest BCUT2D eigenvalue weighted by molar-refractivity contribution is 5.96. The van der Waals surface area contributed by atoms with Crippen LogP contribution >= 0.6 is 0 Å². The molecule has 0 saturated carbocycles. The zero-order valence-electron chi connectivity index (χ0n) is 19.5. The summed E-state index contributed by atoms with van der Waals surface area (Å²) in [6.45, 7) is 5.30. The zero-order chi connectivity index (χ0) is 24.7. The van der Waals surface area contributed by atoms with Crippen LogP contribution in [0, 0.1) is 13.8 Å². The van der Waals surface area contributed by atoms with Crippen LogP contribution in [0.1, 0.15) is 35.0 Å². The Morgan fingerprint density at radius 3 is 2.38 bits per heavy atom. The molecule has 3 rings (SSSR count). The van der Waals surface area contributed by atoms with Crippen LogP contribution in [0.4, 0.5) is 5.69 Å². The number of carbonyl (C=O) groups is 3. The third kappa shape index (κ3) is 6.00. The van der Waals surface area contributed by atoms with Crippen molar-refractivity contribution in [2.45, 2.75) is 27.2 Å². The molecule has 178 valence electrons. The van der Waals surface area contributed by atoms with Crippen LogP contribution < -0.4 is 11.0 Å². The SMILES string of the molecule is CCCN(CC(=O)Nc1ccccc1C)C(=O)COC(=O)c1ccc(-n2c(C)c[nH]c2=O)cc1. The number of imidazole rings is 1. The highest BCUT2D eigenvalue weighted by atomic mass is 16.5. The van der Waals surface area contributed by atoms with Crippen LogP contribution in [0.3, 0.4) is 0 Å². The Morgan fingerprint density at radius 1 is 1.06 bits per heavy atom. The minimum absolute atomic E-state index is 0.141. The molecular formula is C25H28N4O5. The summed E-state index contributed by atoms with van der Waals surface area (Å²) in [5.74, 6) is -1.45. The standard InChI is InChI=1S/C25H28N4O5/c1-4-13-28(15-22(30)27-21-8-6-5-7-17(21)2)23(31)16-34-24(32)19-9-11-20(12-10-19)29-18(3)14-26-25(29)33/h5-12,14H,4,13,15-16H2,1-3H3,(H,26,33)(H,27,30). The van der Waals surface area contributed by atoms with Gasteiger partial charge in [0, 0.05) is 24.1 Å². The van der Waals surface area contributed by atoms with Gasteiger partial charge in [-0.3, -0.25) is 14.2 Å². The molecule has 0 aliphatic rings. The highest BCUT2D eigenvalue weighted by Gasteiger charge is 2.19. The van der Waals surface area contributed by atoms with E-state index in [9.17, 15) is 19.2 Å². The lowest BCUT2D eigenvalue weighted by atomic mass is 10.2. The van der Waals surface area contributed by atoms with E-state index in [1.165, 1.54) is 21.6 Å². The summed E-state index contributed by atoms with van der Waals surface area (Å²) in [6.07, 6.45) is 2.25. The van der Waals surface area contributed by atoms with E-state index in [2.05, 4.69) is 10.3 Å². The summed E-state index contributed by atoms with van der Waals surface area (Å²) in [5.41, 5.74) is 2.90. The van der Waals surface area contributed by atoms with Crippen molar-refractivity contribution < 1.29 is 19.1 Å². The number of ether oxygens (including phenoxy) is 1. The summed E-state index contributed by atoms with van der Waals surface area (Å²) in [6, 6.07) is 13.7. The van der Waals surface area contributed by atoms with Crippen molar-refractivity contribution in [1.29, 1.82) is 0 Å². The van der Waals surface area contributed by atoms with Crippen LogP contribution in [-0.4, -0.2) is 51.9 Å². The molecule has 3 aromatic rings. The third-order valence-electron chi connectivity index (χ3n) is 5.25. The molecule has 0 atom stereocenters. The topological polar surface area (TPSA) is 114 Å². The van der Waals surface area contributed by atoms with Gasteiger partial charge in [-0.1, -0.05) is 25.1 Å². The fourth-order valence-corrected chi connectivity index (χ4v) is 3.46. The first-order chi connectivity index (χ1) is 16.3. The maximum atomic E-state index is 12.6. The van der Waals surface area contributed by atoms with Gasteiger partial charge in [0.15, 0.2) is 6.61 Å². The number of benzene rings is 2. The van der Waals surface area contributed by atoms with Crippen molar-refractivity contribution in [3.8, 4) is 5.69 Å². The summed E-state index contributed by atoms with van der Waals surface area (Å²) >= 11 is 0. The second kappa shape index (κ2) is 11.1. The average molecular weight is 465 g/mol. The van der Waals surface area contributed by atoms with E-state index in [1.54, 1.807) is 31.3 Å². The molecule has 0 aliphatic carbocycles. The molecule has 0 spiro atoms. The number of rotatable bonds is 9. The Bertz CT molecular complexity index is 1230. The molecule has 0 aliphatic heterocycles. The van der Waals surface area contributed by atoms with Gasteiger partial charge in [-0.2, -0.15) is 0 Å². The number of hydrogen-bond donors (Lipinski definition) is 2. The predicted octanol–water partition coefficient (Wildman–Crippen LogP) is 2.82. The molecule has 2 N–H and O–H groups in total. The predicted molar refractivity (Wildman–Crippen MR) is 128 cm³/mol. The molecule has 0 unspecified atom stereocenters. The van der Waals surface area contributed by atoms with Crippen molar-refractivity contribution in [3.63, 3.8) is 0 Å². The Hall–Kier alpha value is -4.14. The van der Waals surface area contributed by atoms with Crippen LogP contribution in [-0.2, 0) is 14.3 Å². The summed E-state index contributed by atoms with van der Waals surface area (Å²) < 4.78 is 6.65. The number of hydrogen-bond acceptors (Lipinski definition) is 5. The van der Waals surface area contributed by atoms with E-state index < -0.39 is 18.5 Å². The number of amides is 2. The first kappa shape index (κ1) is 24.5. The number of anilines is 1. The van der Waals surface area contributed by atoms with Crippen LogP contribution in [0.25, 0.3) is 5.69 Å². The Balaban J connectivity index is 1.57. The van der Waals surface area contributed by atoms with E-state index >= 15 is 0 Å². The van der Waals surface area contributed by atoms with E-state index in [0.29, 0.717) is 24.3 Å². The third-order valence-corrected chi connectivity index (χ3v) is 5.25. The maximum Gasteiger partial charge on any atom is 0.338 e. The number of esters is 1. The highest BCUT2D eigenvalue weighted by Crippen LogP contribution is 2.13. The van der Waals surface area contributed by atoms with E-state index in [-0.39, 0.29) is 23.7 Å². The van der Waals surface area contributed by atoms with Gasteiger partial charge in [-0.15, -0.1) is 0 Å². The number of aromatic nitrogens is 2. The van der Waals surface area contributed by atoms with Crippen LogP contribution in [0.2, 0.25) is 0 Å². The van der Waals surface area contributed by atoms with Crippen LogP contribution in [0.15, 0.2) is 59.5 Å². The minimum atomic E-state index is -0.668. The van der Waals surface area contributed by atoms with Gasteiger partial charge in [0.2, 0.25) is 5.91 Å². The number of aryl methyl sites for hydroxylation is 2. The molecule has 2 aromatic carbocycles. The average Bonchev–Trinajstić information content (AvgIpc) is 3.16. The fraction of sp³-hybridized carbons (Fsp3) is 0.280. The van der Waals surface area contributed by atoms with E-state index in [1.807, 2.05) is 32.0 Å². The van der Waals surface area contributed by atoms with Gasteiger partial charge in [0.05, 0.1) is 17.8 Å². The Labute approximate surface area is 197 Å². The monoisotopic (exact) mass is 464 g/mol. The summed E-state index contributed by atoms with van der Waals surface area (Å²) in [4.78, 5) is 53.4. The van der Waals surface area contributed by atoms with Gasteiger partial charge >= 0.3 is 11.7 Å². The maximum absolute atomic E-state index is 12.6. The lowest BCUT2D eigenvalue weighted by Gasteiger charge is -2.21. The molecule has 0 radical (unpaired) electrons. The molecule has 1 heterocycles. The van der Waals surface area contributed by atoms with E-state index in [0.717, 1.165) is 11.3 Å². The second-order valence-electron chi connectivity index (χ2n) is 7.87. The lowest BCUT2D eigenvalue weighted by molar-refractivity contribution is -0.137. The largest absolute Gasteiger partial charge is 0.452 e. The Morgan fingerprint density at radius 2 is 1.76 bits per heavy atom. The lowest BCUT2D eigenvalue weighted by Crippen LogP contribution is -2.40. The first-order valence-corrected chi connectivity index (χ1v) is 11.0. The van der Waals surface area contributed by atoms with Gasteiger partial charge < -0.3 is 19.9 Å². The van der Waals surface area contributed by atoms with E-state index in [4.69, 9.17) is 4.74 Å². The molecule has 9 nitrogen and oxygen atoms in total. The van der Waals surface area contributed by atoms with Gasteiger partial charge in [0.25, 0.3) is 5.91 Å². The fourth-order valence-electron chi connectivity index (χ4n) is 3.46. The molecule has 1 aromatic heterocycles. The van der Waals surface area contributed by atoms with Gasteiger partial charge in [-0.25, -0.2) is 9.59 Å².